The summed E-state index contributed by atoms with van der Waals surface area (Å²) in [5, 5.41) is 0. The topological polar surface area (TPSA) is 0 Å². The van der Waals surface area contributed by atoms with E-state index in [-0.39, 0.29) is 0 Å². The first-order chi connectivity index (χ1) is 4.00. The van der Waals surface area contributed by atoms with Crippen LogP contribution in [0.3, 0.4) is 0 Å². The van der Waals surface area contributed by atoms with Crippen LogP contribution in [0.2, 0.25) is 0 Å². The van der Waals surface area contributed by atoms with E-state index in [1.807, 2.05) is 27.7 Å². The largest absolute Gasteiger partial charge is 0.242 e. The molecule has 0 unspecified atom stereocenters. The summed E-state index contributed by atoms with van der Waals surface area (Å²) in [4.78, 5) is 0. The Morgan fingerprint density at radius 3 is 0.778 bits per heavy atom. The van der Waals surface area contributed by atoms with Crippen molar-refractivity contribution in [2.75, 3.05) is 0 Å². The molecule has 0 radical (unpaired) electrons. The van der Waals surface area contributed by atoms with Gasteiger partial charge in [-0.05, 0) is 13.8 Å². The molecule has 0 aromatic heterocycles. The summed E-state index contributed by atoms with van der Waals surface area (Å²) in [5.74, 6) is -2.50. The van der Waals surface area contributed by atoms with Gasteiger partial charge in [0.1, 0.15) is 0 Å². The molecular formula is C7H18F2. The zero-order valence-electron chi connectivity index (χ0n) is 7.26. The Labute approximate surface area is 57.3 Å². The predicted molar refractivity (Wildman–Crippen MR) is 39.0 cm³/mol. The molecule has 0 aliphatic heterocycles. The number of hydrogen-bond acceptors (Lipinski definition) is 0. The van der Waals surface area contributed by atoms with E-state index in [1.54, 1.807) is 0 Å². The van der Waals surface area contributed by atoms with Gasteiger partial charge in [-0.3, -0.25) is 0 Å². The van der Waals surface area contributed by atoms with Gasteiger partial charge >= 0.3 is 0 Å². The molecule has 0 bridgehead atoms. The van der Waals surface area contributed by atoms with Gasteiger partial charge in [-0.1, -0.05) is 27.7 Å². The number of hydrogen-bond donors (Lipinski definition) is 0. The molecule has 0 fully saturated rings. The molecule has 0 saturated heterocycles. The van der Waals surface area contributed by atoms with Gasteiger partial charge < -0.3 is 0 Å². The van der Waals surface area contributed by atoms with Gasteiger partial charge in [0.25, 0.3) is 0 Å². The summed E-state index contributed by atoms with van der Waals surface area (Å²) in [7, 11) is 0. The second kappa shape index (κ2) is 10.8. The molecule has 0 heterocycles. The van der Waals surface area contributed by atoms with Crippen LogP contribution in [0.1, 0.15) is 41.5 Å². The summed E-state index contributed by atoms with van der Waals surface area (Å²) in [6, 6.07) is 0. The molecule has 0 aliphatic carbocycles. The molecule has 0 amide bonds. The normalized spacial score (nSPS) is 8.00. The molecule has 2 heteroatoms. The molecule has 0 N–H and O–H groups in total. The van der Waals surface area contributed by atoms with Crippen LogP contribution in [0.5, 0.6) is 0 Å². The number of halogens is 2. The Balaban J connectivity index is -0.0000000771. The minimum atomic E-state index is -2.50. The van der Waals surface area contributed by atoms with Crippen molar-refractivity contribution in [3.8, 4) is 0 Å². The van der Waals surface area contributed by atoms with Crippen LogP contribution in [0, 0.1) is 0 Å². The fraction of sp³-hybridized carbons (Fsp3) is 1.00. The van der Waals surface area contributed by atoms with Gasteiger partial charge in [0.15, 0.2) is 0 Å². The van der Waals surface area contributed by atoms with Crippen molar-refractivity contribution in [2.24, 2.45) is 0 Å². The van der Waals surface area contributed by atoms with Crippen LogP contribution in [-0.2, 0) is 0 Å². The van der Waals surface area contributed by atoms with E-state index in [9.17, 15) is 8.78 Å². The van der Waals surface area contributed by atoms with Crippen LogP contribution in [0.25, 0.3) is 0 Å². The van der Waals surface area contributed by atoms with Crippen molar-refractivity contribution >= 4 is 0 Å². The monoisotopic (exact) mass is 140 g/mol. The Bertz CT molecular complexity index is 22.4. The zero-order chi connectivity index (χ0) is 8.50. The van der Waals surface area contributed by atoms with Gasteiger partial charge in [0, 0.05) is 0 Å². The maximum absolute atomic E-state index is 11.0. The first-order valence-corrected chi connectivity index (χ1v) is 3.38. The Morgan fingerprint density at radius 2 is 0.778 bits per heavy atom. The van der Waals surface area contributed by atoms with Crippen molar-refractivity contribution in [1.82, 2.24) is 0 Å². The molecule has 0 aromatic rings. The fourth-order valence-corrected chi connectivity index (χ4v) is 0. The lowest BCUT2D eigenvalue weighted by atomic mass is 10.5. The summed E-state index contributed by atoms with van der Waals surface area (Å²) < 4.78 is 22.0. The Morgan fingerprint density at radius 1 is 0.778 bits per heavy atom. The van der Waals surface area contributed by atoms with E-state index in [2.05, 4.69) is 0 Å². The molecule has 0 nitrogen and oxygen atoms in total. The predicted octanol–water partition coefficient (Wildman–Crippen LogP) is 3.71. The first-order valence-electron chi connectivity index (χ1n) is 3.38. The van der Waals surface area contributed by atoms with Gasteiger partial charge in [0.05, 0.1) is 0 Å². The van der Waals surface area contributed by atoms with Crippen molar-refractivity contribution in [2.45, 2.75) is 47.5 Å². The quantitative estimate of drug-likeness (QED) is 0.481. The highest BCUT2D eigenvalue weighted by Gasteiger charge is 2.08. The highest BCUT2D eigenvalue weighted by molar-refractivity contribution is 4.40. The number of alkyl halides is 2. The van der Waals surface area contributed by atoms with Crippen molar-refractivity contribution in [1.29, 1.82) is 0 Å². The summed E-state index contributed by atoms with van der Waals surface area (Å²) >= 11 is 0. The molecule has 0 atom stereocenters. The van der Waals surface area contributed by atoms with E-state index in [0.717, 1.165) is 13.8 Å². The van der Waals surface area contributed by atoms with Crippen LogP contribution in [0.4, 0.5) is 8.78 Å². The van der Waals surface area contributed by atoms with Crippen molar-refractivity contribution in [3.63, 3.8) is 0 Å². The van der Waals surface area contributed by atoms with Gasteiger partial charge in [-0.2, -0.15) is 0 Å². The Hall–Kier alpha value is -0.140. The third-order valence-corrected chi connectivity index (χ3v) is 0. The van der Waals surface area contributed by atoms with E-state index >= 15 is 0 Å². The third kappa shape index (κ3) is 13800. The Kier molecular flexibility index (Phi) is 19.1. The zero-order valence-corrected chi connectivity index (χ0v) is 7.26. The SMILES string of the molecule is CC.CC.CC(C)(F)F. The maximum Gasteiger partial charge on any atom is 0.242 e. The fourth-order valence-electron chi connectivity index (χ4n) is 0. The smallest absolute Gasteiger partial charge is 0.208 e. The van der Waals surface area contributed by atoms with Crippen molar-refractivity contribution < 1.29 is 8.78 Å². The third-order valence-electron chi connectivity index (χ3n) is 0. The lowest BCUT2D eigenvalue weighted by molar-refractivity contribution is 0.0437. The van der Waals surface area contributed by atoms with E-state index < -0.39 is 5.92 Å². The van der Waals surface area contributed by atoms with Crippen LogP contribution in [-0.4, -0.2) is 5.92 Å². The van der Waals surface area contributed by atoms with Crippen LogP contribution >= 0.6 is 0 Å². The molecule has 0 rings (SSSR count). The van der Waals surface area contributed by atoms with E-state index in [0.29, 0.717) is 0 Å². The van der Waals surface area contributed by atoms with E-state index in [4.69, 9.17) is 0 Å². The van der Waals surface area contributed by atoms with E-state index in [1.165, 1.54) is 0 Å². The highest BCUT2D eigenvalue weighted by atomic mass is 19.3. The van der Waals surface area contributed by atoms with Gasteiger partial charge in [-0.25, -0.2) is 8.78 Å². The molecule has 9 heavy (non-hydrogen) atoms. The molecule has 0 aliphatic rings. The molecule has 0 saturated carbocycles. The second-order valence-corrected chi connectivity index (χ2v) is 1.33. The standard InChI is InChI=1S/C3H6F2.2C2H6/c1-3(2,4)5;2*1-2/h1-2H3;2*1-2H3. The summed E-state index contributed by atoms with van der Waals surface area (Å²) in [5.41, 5.74) is 0. The van der Waals surface area contributed by atoms with Crippen molar-refractivity contribution in [3.05, 3.63) is 0 Å². The number of rotatable bonds is 0. The molecule has 0 spiro atoms. The average Bonchev–Trinajstić information content (AvgIpc) is 1.72. The minimum Gasteiger partial charge on any atom is -0.208 e. The average molecular weight is 140 g/mol. The molecule has 60 valence electrons. The lowest BCUT2D eigenvalue weighted by Crippen LogP contribution is -1.98. The summed E-state index contributed by atoms with van der Waals surface area (Å²) in [6.07, 6.45) is 0. The molecular weight excluding hydrogens is 122 g/mol. The van der Waals surface area contributed by atoms with Crippen LogP contribution < -0.4 is 0 Å². The second-order valence-electron chi connectivity index (χ2n) is 1.33. The lowest BCUT2D eigenvalue weighted by Gasteiger charge is -1.94. The van der Waals surface area contributed by atoms with Gasteiger partial charge in [-0.15, -0.1) is 0 Å². The summed E-state index contributed by atoms with van der Waals surface area (Å²) in [6.45, 7) is 9.71. The molecule has 0 aromatic carbocycles. The first kappa shape index (κ1) is 15.9. The van der Waals surface area contributed by atoms with Gasteiger partial charge in [0.2, 0.25) is 5.92 Å². The highest BCUT2D eigenvalue weighted by Crippen LogP contribution is 2.06. The minimum absolute atomic E-state index is 0.854. The maximum atomic E-state index is 11.0. The van der Waals surface area contributed by atoms with Crippen LogP contribution in [0.15, 0.2) is 0 Å².